The van der Waals surface area contributed by atoms with Gasteiger partial charge in [0, 0.05) is 51.1 Å². The third kappa shape index (κ3) is 7.02. The molecule has 1 aliphatic rings. The summed E-state index contributed by atoms with van der Waals surface area (Å²) in [5, 5.41) is 2.99. The van der Waals surface area contributed by atoms with E-state index in [1.807, 2.05) is 12.1 Å². The standard InChI is InChI=1S/C21H32NO2.Y/c1-5-6-7-8-9-19-16(14-22-20(19)23)15-24-18-12-10-17(11-13-18)21(2,3)4;/h10-13,16,19H,1,5-9,14-15H2,2-4H3,(H,22,23);/q-1;/t16-,19-;/m1./s1. The van der Waals surface area contributed by atoms with Gasteiger partial charge in [0.25, 0.3) is 0 Å². The van der Waals surface area contributed by atoms with E-state index in [4.69, 9.17) is 4.74 Å². The Hall–Kier alpha value is -0.406. The summed E-state index contributed by atoms with van der Waals surface area (Å²) in [7, 11) is 0. The van der Waals surface area contributed by atoms with Crippen LogP contribution in [0.15, 0.2) is 24.3 Å². The van der Waals surface area contributed by atoms with Crippen LogP contribution < -0.4 is 10.1 Å². The second kappa shape index (κ2) is 10.7. The van der Waals surface area contributed by atoms with E-state index in [9.17, 15) is 4.79 Å². The van der Waals surface area contributed by atoms with Crippen molar-refractivity contribution in [2.45, 2.75) is 58.3 Å². The molecule has 0 saturated carbocycles. The molecule has 4 heteroatoms. The molecule has 1 saturated heterocycles. The first kappa shape index (κ1) is 22.6. The summed E-state index contributed by atoms with van der Waals surface area (Å²) in [5.74, 6) is 1.46. The van der Waals surface area contributed by atoms with Crippen molar-refractivity contribution in [1.29, 1.82) is 0 Å². The zero-order chi connectivity index (χ0) is 17.6. The van der Waals surface area contributed by atoms with Gasteiger partial charge in [0.05, 0.1) is 6.61 Å². The average molecular weight is 419 g/mol. The zero-order valence-corrected chi connectivity index (χ0v) is 18.9. The van der Waals surface area contributed by atoms with Crippen LogP contribution >= 0.6 is 0 Å². The van der Waals surface area contributed by atoms with Gasteiger partial charge in [-0.15, -0.1) is 0 Å². The fourth-order valence-electron chi connectivity index (χ4n) is 3.23. The molecule has 0 bridgehead atoms. The van der Waals surface area contributed by atoms with Crippen molar-refractivity contribution in [1.82, 2.24) is 5.32 Å². The van der Waals surface area contributed by atoms with Gasteiger partial charge in [-0.05, 0) is 29.5 Å². The Balaban J connectivity index is 0.00000312. The normalized spacial score (nSPS) is 20.1. The molecule has 0 unspecified atom stereocenters. The minimum absolute atomic E-state index is 0. The van der Waals surface area contributed by atoms with E-state index in [1.54, 1.807) is 0 Å². The molecule has 0 aliphatic carbocycles. The molecule has 1 radical (unpaired) electrons. The third-order valence-corrected chi connectivity index (χ3v) is 4.89. The first-order chi connectivity index (χ1) is 11.4. The number of hydrogen-bond acceptors (Lipinski definition) is 2. The van der Waals surface area contributed by atoms with Crippen molar-refractivity contribution in [3.8, 4) is 5.75 Å². The minimum atomic E-state index is 0. The van der Waals surface area contributed by atoms with Gasteiger partial charge >= 0.3 is 0 Å². The van der Waals surface area contributed by atoms with Crippen molar-refractivity contribution in [2.75, 3.05) is 13.2 Å². The Morgan fingerprint density at radius 2 is 1.84 bits per heavy atom. The molecule has 1 heterocycles. The van der Waals surface area contributed by atoms with Crippen LogP contribution in [0.25, 0.3) is 0 Å². The number of benzene rings is 1. The van der Waals surface area contributed by atoms with E-state index in [0.29, 0.717) is 6.61 Å². The van der Waals surface area contributed by atoms with Gasteiger partial charge < -0.3 is 17.0 Å². The van der Waals surface area contributed by atoms with E-state index in [-0.39, 0.29) is 55.9 Å². The molecular formula is C21H32NO2Y-. The van der Waals surface area contributed by atoms with Crippen LogP contribution in [-0.2, 0) is 42.9 Å². The van der Waals surface area contributed by atoms with Crippen LogP contribution in [0, 0.1) is 18.8 Å². The van der Waals surface area contributed by atoms with Gasteiger partial charge in [-0.3, -0.25) is 4.79 Å². The van der Waals surface area contributed by atoms with Crippen LogP contribution in [-0.4, -0.2) is 19.1 Å². The van der Waals surface area contributed by atoms with Crippen LogP contribution in [0.4, 0.5) is 0 Å². The molecule has 1 aromatic rings. The minimum Gasteiger partial charge on any atom is -0.493 e. The summed E-state index contributed by atoms with van der Waals surface area (Å²) in [4.78, 5) is 12.0. The number of rotatable bonds is 8. The molecule has 1 fully saturated rings. The second-order valence-corrected chi connectivity index (χ2v) is 7.90. The van der Waals surface area contributed by atoms with E-state index in [2.05, 4.69) is 45.1 Å². The molecule has 1 aromatic carbocycles. The zero-order valence-electron chi connectivity index (χ0n) is 16.0. The van der Waals surface area contributed by atoms with Gasteiger partial charge in [0.15, 0.2) is 0 Å². The largest absolute Gasteiger partial charge is 0.493 e. The summed E-state index contributed by atoms with van der Waals surface area (Å²) in [6, 6.07) is 8.33. The summed E-state index contributed by atoms with van der Waals surface area (Å²) >= 11 is 0. The van der Waals surface area contributed by atoms with E-state index < -0.39 is 0 Å². The van der Waals surface area contributed by atoms with Gasteiger partial charge in [-0.2, -0.15) is 6.42 Å². The molecule has 2 atom stereocenters. The number of ether oxygens (including phenoxy) is 1. The molecular weight excluding hydrogens is 387 g/mol. The molecule has 1 N–H and O–H groups in total. The monoisotopic (exact) mass is 419 g/mol. The van der Waals surface area contributed by atoms with Gasteiger partial charge in [-0.1, -0.05) is 52.2 Å². The van der Waals surface area contributed by atoms with Crippen LogP contribution in [0.1, 0.15) is 58.4 Å². The summed E-state index contributed by atoms with van der Waals surface area (Å²) in [5.41, 5.74) is 1.45. The molecule has 0 aromatic heterocycles. The Bertz CT molecular complexity index is 522. The summed E-state index contributed by atoms with van der Waals surface area (Å²) in [6.07, 6.45) is 5.35. The first-order valence-electron chi connectivity index (χ1n) is 9.22. The third-order valence-electron chi connectivity index (χ3n) is 4.89. The number of amides is 1. The smallest absolute Gasteiger partial charge is 0.223 e. The van der Waals surface area contributed by atoms with Crippen LogP contribution in [0.5, 0.6) is 5.75 Å². The predicted molar refractivity (Wildman–Crippen MR) is 99.1 cm³/mol. The number of carbonyl (C=O) groups is 1. The predicted octanol–water partition coefficient (Wildman–Crippen LogP) is 4.51. The van der Waals surface area contributed by atoms with E-state index >= 15 is 0 Å². The maximum atomic E-state index is 12.0. The van der Waals surface area contributed by atoms with Crippen molar-refractivity contribution < 1.29 is 42.2 Å². The topological polar surface area (TPSA) is 38.3 Å². The quantitative estimate of drug-likeness (QED) is 0.498. The number of carbonyl (C=O) groups excluding carboxylic acids is 1. The molecule has 2 rings (SSSR count). The molecule has 137 valence electrons. The van der Waals surface area contributed by atoms with Gasteiger partial charge in [0.1, 0.15) is 5.75 Å². The molecule has 1 aliphatic heterocycles. The number of unbranched alkanes of at least 4 members (excludes halogenated alkanes) is 3. The maximum Gasteiger partial charge on any atom is 0.223 e. The first-order valence-corrected chi connectivity index (χ1v) is 9.22. The Morgan fingerprint density at radius 1 is 1.16 bits per heavy atom. The average Bonchev–Trinajstić information content (AvgIpc) is 2.89. The Labute approximate surface area is 178 Å². The van der Waals surface area contributed by atoms with E-state index in [1.165, 1.54) is 5.56 Å². The molecule has 1 amide bonds. The Kier molecular flexibility index (Phi) is 9.66. The maximum absolute atomic E-state index is 12.0. The number of hydrogen-bond donors (Lipinski definition) is 1. The van der Waals surface area contributed by atoms with Crippen molar-refractivity contribution >= 4 is 5.91 Å². The Morgan fingerprint density at radius 3 is 2.44 bits per heavy atom. The summed E-state index contributed by atoms with van der Waals surface area (Å²) in [6.45, 7) is 11.8. The molecule has 0 spiro atoms. The van der Waals surface area contributed by atoms with Gasteiger partial charge in [-0.25, -0.2) is 0 Å². The van der Waals surface area contributed by atoms with Crippen molar-refractivity contribution in [3.05, 3.63) is 36.8 Å². The SMILES string of the molecule is [CH2-]CCCCC[C@H]1C(=O)NC[C@@H]1COc1ccc(C(C)(C)C)cc1.[Y]. The number of nitrogens with one attached hydrogen (secondary N) is 1. The van der Waals surface area contributed by atoms with Gasteiger partial charge in [0.2, 0.25) is 5.91 Å². The van der Waals surface area contributed by atoms with Crippen molar-refractivity contribution in [2.24, 2.45) is 11.8 Å². The molecule has 3 nitrogen and oxygen atoms in total. The van der Waals surface area contributed by atoms with Crippen molar-refractivity contribution in [3.63, 3.8) is 0 Å². The fraction of sp³-hybridized carbons (Fsp3) is 0.619. The second-order valence-electron chi connectivity index (χ2n) is 7.90. The molecule has 25 heavy (non-hydrogen) atoms. The van der Waals surface area contributed by atoms with Crippen LogP contribution in [0.2, 0.25) is 0 Å². The fourth-order valence-corrected chi connectivity index (χ4v) is 3.23. The summed E-state index contributed by atoms with van der Waals surface area (Å²) < 4.78 is 5.96. The van der Waals surface area contributed by atoms with Crippen LogP contribution in [0.3, 0.4) is 0 Å². The van der Waals surface area contributed by atoms with E-state index in [0.717, 1.165) is 44.4 Å².